The molecule has 0 unspecified atom stereocenters. The monoisotopic (exact) mass is 340 g/mol. The minimum Gasteiger partial charge on any atom is -0.507 e. The van der Waals surface area contributed by atoms with Crippen LogP contribution in [-0.4, -0.2) is 18.2 Å². The minimum absolute atomic E-state index is 0.0116. The highest BCUT2D eigenvalue weighted by Crippen LogP contribution is 2.25. The number of aromatic hydroxyl groups is 1. The van der Waals surface area contributed by atoms with Gasteiger partial charge in [0.2, 0.25) is 0 Å². The molecule has 0 atom stereocenters. The number of phenols is 1. The Morgan fingerprint density at radius 3 is 2.72 bits per heavy atom. The highest BCUT2D eigenvalue weighted by Gasteiger charge is 2.15. The fourth-order valence-electron chi connectivity index (χ4n) is 2.48. The van der Waals surface area contributed by atoms with Crippen LogP contribution in [0, 0.1) is 6.92 Å². The van der Waals surface area contributed by atoms with Crippen molar-refractivity contribution in [2.24, 2.45) is 0 Å². The van der Waals surface area contributed by atoms with Gasteiger partial charge in [0, 0.05) is 17.0 Å². The maximum Gasteiger partial charge on any atom is 0.342 e. The molecule has 6 heteroatoms. The van der Waals surface area contributed by atoms with E-state index in [0.29, 0.717) is 22.3 Å². The Hall–Kier alpha value is -3.28. The first-order valence-electron chi connectivity index (χ1n) is 7.55. The zero-order valence-electron chi connectivity index (χ0n) is 13.7. The summed E-state index contributed by atoms with van der Waals surface area (Å²) in [6.07, 6.45) is 0. The molecule has 0 aliphatic heterocycles. The molecule has 1 N–H and O–H groups in total. The summed E-state index contributed by atoms with van der Waals surface area (Å²) in [5, 5.41) is 10.5. The number of carbonyl (C=O) groups excluding carboxylic acids is 1. The van der Waals surface area contributed by atoms with E-state index in [9.17, 15) is 14.7 Å². The fourth-order valence-corrected chi connectivity index (χ4v) is 2.48. The van der Waals surface area contributed by atoms with E-state index < -0.39 is 11.6 Å². The first-order valence-corrected chi connectivity index (χ1v) is 7.55. The molecule has 25 heavy (non-hydrogen) atoms. The SMILES string of the molecule is COc1ccc(O)c(C(=O)OCc2cc(=O)oc3cc(C)ccc23)c1. The van der Waals surface area contributed by atoms with Gasteiger partial charge in [-0.05, 0) is 36.8 Å². The second-order valence-electron chi connectivity index (χ2n) is 5.55. The Morgan fingerprint density at radius 2 is 1.96 bits per heavy atom. The third-order valence-electron chi connectivity index (χ3n) is 3.77. The molecule has 128 valence electrons. The van der Waals surface area contributed by atoms with E-state index in [1.54, 1.807) is 12.1 Å². The Balaban J connectivity index is 1.88. The number of fused-ring (bicyclic) bond motifs is 1. The van der Waals surface area contributed by atoms with Crippen molar-refractivity contribution in [1.29, 1.82) is 0 Å². The largest absolute Gasteiger partial charge is 0.507 e. The number of rotatable bonds is 4. The smallest absolute Gasteiger partial charge is 0.342 e. The molecular formula is C19H16O6. The number of ether oxygens (including phenoxy) is 2. The van der Waals surface area contributed by atoms with Gasteiger partial charge in [-0.3, -0.25) is 0 Å². The van der Waals surface area contributed by atoms with Crippen LogP contribution < -0.4 is 10.4 Å². The summed E-state index contributed by atoms with van der Waals surface area (Å²) in [5.74, 6) is -0.505. The van der Waals surface area contributed by atoms with Crippen molar-refractivity contribution in [1.82, 2.24) is 0 Å². The third kappa shape index (κ3) is 3.47. The summed E-state index contributed by atoms with van der Waals surface area (Å²) in [6.45, 7) is 1.76. The van der Waals surface area contributed by atoms with Gasteiger partial charge in [0.15, 0.2) is 0 Å². The van der Waals surface area contributed by atoms with E-state index in [0.717, 1.165) is 5.56 Å². The maximum atomic E-state index is 12.2. The molecule has 0 bridgehead atoms. The number of benzene rings is 2. The predicted octanol–water partition coefficient (Wildman–Crippen LogP) is 3.17. The van der Waals surface area contributed by atoms with Crippen LogP contribution in [0.3, 0.4) is 0 Å². The molecule has 1 heterocycles. The van der Waals surface area contributed by atoms with Crippen molar-refractivity contribution >= 4 is 16.9 Å². The normalized spacial score (nSPS) is 10.6. The van der Waals surface area contributed by atoms with E-state index >= 15 is 0 Å². The Bertz CT molecular complexity index is 1000. The van der Waals surface area contributed by atoms with Crippen LogP contribution in [0.5, 0.6) is 11.5 Å². The van der Waals surface area contributed by atoms with Crippen LogP contribution in [0.15, 0.2) is 51.7 Å². The number of hydrogen-bond donors (Lipinski definition) is 1. The van der Waals surface area contributed by atoms with Crippen LogP contribution >= 0.6 is 0 Å². The average Bonchev–Trinajstić information content (AvgIpc) is 2.59. The van der Waals surface area contributed by atoms with Crippen LogP contribution in [0.1, 0.15) is 21.5 Å². The summed E-state index contributed by atoms with van der Waals surface area (Å²) in [5.41, 5.74) is 1.38. The minimum atomic E-state index is -0.718. The number of phenolic OH excluding ortho intramolecular Hbond substituents is 1. The summed E-state index contributed by atoms with van der Waals surface area (Å²) >= 11 is 0. The maximum absolute atomic E-state index is 12.2. The molecule has 0 fully saturated rings. The molecular weight excluding hydrogens is 324 g/mol. The number of carbonyl (C=O) groups is 1. The molecule has 0 aliphatic rings. The summed E-state index contributed by atoms with van der Waals surface area (Å²) in [6, 6.07) is 11.0. The number of esters is 1. The van der Waals surface area contributed by atoms with Gasteiger partial charge in [0.05, 0.1) is 7.11 Å². The van der Waals surface area contributed by atoms with Gasteiger partial charge in [0.25, 0.3) is 0 Å². The van der Waals surface area contributed by atoms with Crippen LogP contribution in [0.2, 0.25) is 0 Å². The molecule has 0 saturated carbocycles. The Labute approximate surface area is 143 Å². The van der Waals surface area contributed by atoms with Gasteiger partial charge < -0.3 is 19.0 Å². The first kappa shape index (κ1) is 16.6. The number of methoxy groups -OCH3 is 1. The molecule has 0 saturated heterocycles. The molecule has 0 aliphatic carbocycles. The van der Waals surface area contributed by atoms with Crippen LogP contribution in [-0.2, 0) is 11.3 Å². The highest BCUT2D eigenvalue weighted by molar-refractivity contribution is 5.93. The number of aryl methyl sites for hydroxylation is 1. The molecule has 3 aromatic rings. The van der Waals surface area contributed by atoms with Crippen molar-refractivity contribution < 1.29 is 23.8 Å². The lowest BCUT2D eigenvalue weighted by molar-refractivity contribution is 0.0470. The predicted molar refractivity (Wildman–Crippen MR) is 91.0 cm³/mol. The van der Waals surface area contributed by atoms with Crippen molar-refractivity contribution in [2.75, 3.05) is 7.11 Å². The summed E-state index contributed by atoms with van der Waals surface area (Å²) < 4.78 is 15.5. The molecule has 6 nitrogen and oxygen atoms in total. The van der Waals surface area contributed by atoms with E-state index in [-0.39, 0.29) is 17.9 Å². The van der Waals surface area contributed by atoms with Gasteiger partial charge in [0.1, 0.15) is 29.3 Å². The zero-order chi connectivity index (χ0) is 18.0. The average molecular weight is 340 g/mol. The van der Waals surface area contributed by atoms with Gasteiger partial charge in [-0.25, -0.2) is 9.59 Å². The van der Waals surface area contributed by atoms with E-state index in [4.69, 9.17) is 13.9 Å². The lowest BCUT2D eigenvalue weighted by atomic mass is 10.1. The third-order valence-corrected chi connectivity index (χ3v) is 3.77. The van der Waals surface area contributed by atoms with Crippen LogP contribution in [0.4, 0.5) is 0 Å². The molecule has 2 aromatic carbocycles. The van der Waals surface area contributed by atoms with Crippen molar-refractivity contribution in [2.45, 2.75) is 13.5 Å². The first-order chi connectivity index (χ1) is 12.0. The van der Waals surface area contributed by atoms with Gasteiger partial charge in [-0.1, -0.05) is 12.1 Å². The van der Waals surface area contributed by atoms with E-state index in [2.05, 4.69) is 0 Å². The molecule has 1 aromatic heterocycles. The van der Waals surface area contributed by atoms with Gasteiger partial charge in [-0.2, -0.15) is 0 Å². The lowest BCUT2D eigenvalue weighted by Crippen LogP contribution is -2.08. The summed E-state index contributed by atoms with van der Waals surface area (Å²) in [4.78, 5) is 23.9. The lowest BCUT2D eigenvalue weighted by Gasteiger charge is -2.09. The quantitative estimate of drug-likeness (QED) is 0.580. The highest BCUT2D eigenvalue weighted by atomic mass is 16.5. The standard InChI is InChI=1S/C19H16O6/c1-11-3-5-14-12(8-18(21)25-17(14)7-11)10-24-19(22)15-9-13(23-2)4-6-16(15)20/h3-9,20H,10H2,1-2H3. The van der Waals surface area contributed by atoms with E-state index in [1.165, 1.54) is 31.4 Å². The Kier molecular flexibility index (Phi) is 4.43. The second-order valence-corrected chi connectivity index (χ2v) is 5.55. The summed E-state index contributed by atoms with van der Waals surface area (Å²) in [7, 11) is 1.46. The molecule has 0 radical (unpaired) electrons. The van der Waals surface area contributed by atoms with Crippen LogP contribution in [0.25, 0.3) is 11.0 Å². The molecule has 0 spiro atoms. The van der Waals surface area contributed by atoms with Crippen molar-refractivity contribution in [3.63, 3.8) is 0 Å². The van der Waals surface area contributed by atoms with Gasteiger partial charge >= 0.3 is 11.6 Å². The zero-order valence-corrected chi connectivity index (χ0v) is 13.7. The van der Waals surface area contributed by atoms with Gasteiger partial charge in [-0.15, -0.1) is 0 Å². The van der Waals surface area contributed by atoms with Crippen molar-refractivity contribution in [3.8, 4) is 11.5 Å². The van der Waals surface area contributed by atoms with Crippen molar-refractivity contribution in [3.05, 3.63) is 69.6 Å². The van der Waals surface area contributed by atoms with E-state index in [1.807, 2.05) is 13.0 Å². The Morgan fingerprint density at radius 1 is 1.16 bits per heavy atom. The number of hydrogen-bond acceptors (Lipinski definition) is 6. The fraction of sp³-hybridized carbons (Fsp3) is 0.158. The molecule has 3 rings (SSSR count). The second kappa shape index (κ2) is 6.68. The molecule has 0 amide bonds. The topological polar surface area (TPSA) is 86.0 Å².